The molecule has 3 heteroatoms. The molecule has 86 valence electrons. The first-order chi connectivity index (χ1) is 7.24. The molecule has 0 radical (unpaired) electrons. The fraction of sp³-hybridized carbons (Fsp3) is 0.750. The number of carbonyl (C=O) groups is 1. The Hall–Kier alpha value is -0.830. The SMILES string of the molecule is CCNC(=O)C(C)NCCC1=CCCC1. The Morgan fingerprint density at radius 1 is 1.60 bits per heavy atom. The number of nitrogens with one attached hydrogen (secondary N) is 2. The molecule has 0 saturated carbocycles. The van der Waals surface area contributed by atoms with Crippen LogP contribution in [0.5, 0.6) is 0 Å². The minimum Gasteiger partial charge on any atom is -0.355 e. The van der Waals surface area contributed by atoms with Crippen LogP contribution in [0.4, 0.5) is 0 Å². The van der Waals surface area contributed by atoms with Crippen molar-refractivity contribution in [2.24, 2.45) is 0 Å². The summed E-state index contributed by atoms with van der Waals surface area (Å²) in [5.74, 6) is 0.0953. The molecule has 1 aliphatic rings. The van der Waals surface area contributed by atoms with Crippen LogP contribution in [-0.2, 0) is 4.79 Å². The molecule has 1 amide bonds. The Labute approximate surface area is 92.3 Å². The van der Waals surface area contributed by atoms with Crippen molar-refractivity contribution < 1.29 is 4.79 Å². The second-order valence-electron chi connectivity index (χ2n) is 4.07. The summed E-state index contributed by atoms with van der Waals surface area (Å²) in [6.07, 6.45) is 7.21. The Kier molecular flexibility index (Phi) is 5.40. The first-order valence-electron chi connectivity index (χ1n) is 5.93. The maximum Gasteiger partial charge on any atom is 0.236 e. The average molecular weight is 210 g/mol. The summed E-state index contributed by atoms with van der Waals surface area (Å²) >= 11 is 0. The number of rotatable bonds is 6. The van der Waals surface area contributed by atoms with Gasteiger partial charge in [0.1, 0.15) is 0 Å². The summed E-state index contributed by atoms with van der Waals surface area (Å²) in [5, 5.41) is 6.05. The van der Waals surface area contributed by atoms with Crippen LogP contribution < -0.4 is 10.6 Å². The zero-order valence-corrected chi connectivity index (χ0v) is 9.81. The van der Waals surface area contributed by atoms with Gasteiger partial charge in [-0.15, -0.1) is 0 Å². The fourth-order valence-electron chi connectivity index (χ4n) is 1.83. The molecule has 15 heavy (non-hydrogen) atoms. The Balaban J connectivity index is 2.10. The molecule has 3 nitrogen and oxygen atoms in total. The number of carbonyl (C=O) groups excluding carboxylic acids is 1. The van der Waals surface area contributed by atoms with Crippen LogP contribution in [0.25, 0.3) is 0 Å². The lowest BCUT2D eigenvalue weighted by Crippen LogP contribution is -2.42. The summed E-state index contributed by atoms with van der Waals surface area (Å²) in [5.41, 5.74) is 1.55. The molecule has 1 aliphatic carbocycles. The third kappa shape index (κ3) is 4.47. The lowest BCUT2D eigenvalue weighted by molar-refractivity contribution is -0.122. The van der Waals surface area contributed by atoms with E-state index >= 15 is 0 Å². The van der Waals surface area contributed by atoms with Crippen molar-refractivity contribution in [1.29, 1.82) is 0 Å². The lowest BCUT2D eigenvalue weighted by atomic mass is 10.1. The highest BCUT2D eigenvalue weighted by molar-refractivity contribution is 5.81. The van der Waals surface area contributed by atoms with E-state index in [0.29, 0.717) is 6.54 Å². The second-order valence-corrected chi connectivity index (χ2v) is 4.07. The first-order valence-corrected chi connectivity index (χ1v) is 5.93. The number of allylic oxidation sites excluding steroid dienone is 1. The van der Waals surface area contributed by atoms with Crippen molar-refractivity contribution in [3.05, 3.63) is 11.6 Å². The van der Waals surface area contributed by atoms with Crippen LogP contribution in [0.15, 0.2) is 11.6 Å². The molecule has 1 unspecified atom stereocenters. The number of amides is 1. The van der Waals surface area contributed by atoms with Gasteiger partial charge in [-0.25, -0.2) is 0 Å². The largest absolute Gasteiger partial charge is 0.355 e. The predicted octanol–water partition coefficient (Wildman–Crippen LogP) is 1.60. The van der Waals surface area contributed by atoms with E-state index in [1.165, 1.54) is 19.3 Å². The molecule has 0 aromatic rings. The molecule has 0 aromatic heterocycles. The van der Waals surface area contributed by atoms with Gasteiger partial charge in [0, 0.05) is 6.54 Å². The lowest BCUT2D eigenvalue weighted by Gasteiger charge is -2.13. The van der Waals surface area contributed by atoms with Crippen LogP contribution in [0.1, 0.15) is 39.5 Å². The molecule has 0 aromatic carbocycles. The highest BCUT2D eigenvalue weighted by atomic mass is 16.2. The molecule has 0 fully saturated rings. The van der Waals surface area contributed by atoms with E-state index in [1.807, 2.05) is 13.8 Å². The molecule has 0 heterocycles. The van der Waals surface area contributed by atoms with Crippen molar-refractivity contribution in [2.45, 2.75) is 45.6 Å². The van der Waals surface area contributed by atoms with Crippen LogP contribution in [-0.4, -0.2) is 25.0 Å². The van der Waals surface area contributed by atoms with Crippen molar-refractivity contribution in [2.75, 3.05) is 13.1 Å². The van der Waals surface area contributed by atoms with Gasteiger partial charge in [0.2, 0.25) is 5.91 Å². The van der Waals surface area contributed by atoms with Gasteiger partial charge in [-0.2, -0.15) is 0 Å². The minimum atomic E-state index is -0.0769. The number of likely N-dealkylation sites (N-methyl/N-ethyl adjacent to an activating group) is 1. The van der Waals surface area contributed by atoms with Crippen LogP contribution >= 0.6 is 0 Å². The third-order valence-corrected chi connectivity index (χ3v) is 2.78. The van der Waals surface area contributed by atoms with Gasteiger partial charge in [-0.05, 0) is 46.1 Å². The number of hydrogen-bond donors (Lipinski definition) is 2. The van der Waals surface area contributed by atoms with E-state index in [4.69, 9.17) is 0 Å². The van der Waals surface area contributed by atoms with Gasteiger partial charge in [0.05, 0.1) is 6.04 Å². The van der Waals surface area contributed by atoms with Crippen molar-refractivity contribution in [3.8, 4) is 0 Å². The zero-order valence-electron chi connectivity index (χ0n) is 9.81. The quantitative estimate of drug-likeness (QED) is 0.654. The topological polar surface area (TPSA) is 41.1 Å². The van der Waals surface area contributed by atoms with E-state index in [9.17, 15) is 4.79 Å². The van der Waals surface area contributed by atoms with Crippen LogP contribution in [0.2, 0.25) is 0 Å². The van der Waals surface area contributed by atoms with E-state index in [1.54, 1.807) is 5.57 Å². The normalized spacial score (nSPS) is 17.3. The predicted molar refractivity (Wildman–Crippen MR) is 62.7 cm³/mol. The molecule has 2 N–H and O–H groups in total. The summed E-state index contributed by atoms with van der Waals surface area (Å²) in [4.78, 5) is 11.4. The van der Waals surface area contributed by atoms with E-state index in [0.717, 1.165) is 13.0 Å². The molecule has 0 saturated heterocycles. The second kappa shape index (κ2) is 6.62. The summed E-state index contributed by atoms with van der Waals surface area (Å²) in [7, 11) is 0. The van der Waals surface area contributed by atoms with Gasteiger partial charge in [-0.1, -0.05) is 11.6 Å². The van der Waals surface area contributed by atoms with Crippen LogP contribution in [0.3, 0.4) is 0 Å². The highest BCUT2D eigenvalue weighted by Gasteiger charge is 2.11. The van der Waals surface area contributed by atoms with Crippen LogP contribution in [0, 0.1) is 0 Å². The molecule has 0 spiro atoms. The molecule has 0 aliphatic heterocycles. The Morgan fingerprint density at radius 2 is 2.40 bits per heavy atom. The van der Waals surface area contributed by atoms with E-state index in [-0.39, 0.29) is 11.9 Å². The highest BCUT2D eigenvalue weighted by Crippen LogP contribution is 2.19. The molecule has 0 bridgehead atoms. The minimum absolute atomic E-state index is 0.0769. The maximum absolute atomic E-state index is 11.4. The molecule has 1 atom stereocenters. The van der Waals surface area contributed by atoms with Crippen molar-refractivity contribution >= 4 is 5.91 Å². The summed E-state index contributed by atoms with van der Waals surface area (Å²) < 4.78 is 0. The van der Waals surface area contributed by atoms with E-state index in [2.05, 4.69) is 16.7 Å². The van der Waals surface area contributed by atoms with Gasteiger partial charge < -0.3 is 10.6 Å². The third-order valence-electron chi connectivity index (χ3n) is 2.78. The standard InChI is InChI=1S/C12H22N2O/c1-3-13-12(15)10(2)14-9-8-11-6-4-5-7-11/h6,10,14H,3-5,7-9H2,1-2H3,(H,13,15). The van der Waals surface area contributed by atoms with Crippen molar-refractivity contribution in [1.82, 2.24) is 10.6 Å². The van der Waals surface area contributed by atoms with Gasteiger partial charge >= 0.3 is 0 Å². The average Bonchev–Trinajstić information content (AvgIpc) is 2.71. The van der Waals surface area contributed by atoms with E-state index < -0.39 is 0 Å². The summed E-state index contributed by atoms with van der Waals surface area (Å²) in [6, 6.07) is -0.0769. The van der Waals surface area contributed by atoms with Gasteiger partial charge in [0.15, 0.2) is 0 Å². The smallest absolute Gasteiger partial charge is 0.236 e. The molecular weight excluding hydrogens is 188 g/mol. The molecule has 1 rings (SSSR count). The molecular formula is C12H22N2O. The summed E-state index contributed by atoms with van der Waals surface area (Å²) in [6.45, 7) is 5.46. The van der Waals surface area contributed by atoms with Gasteiger partial charge in [0.25, 0.3) is 0 Å². The fourth-order valence-corrected chi connectivity index (χ4v) is 1.83. The zero-order chi connectivity index (χ0) is 11.1. The number of hydrogen-bond acceptors (Lipinski definition) is 2. The van der Waals surface area contributed by atoms with Gasteiger partial charge in [-0.3, -0.25) is 4.79 Å². The van der Waals surface area contributed by atoms with Crippen molar-refractivity contribution in [3.63, 3.8) is 0 Å². The first kappa shape index (κ1) is 12.2. The monoisotopic (exact) mass is 210 g/mol. The Morgan fingerprint density at radius 3 is 3.00 bits per heavy atom. The maximum atomic E-state index is 11.4. The Bertz CT molecular complexity index is 236.